The first-order valence-corrected chi connectivity index (χ1v) is 9.32. The number of rotatable bonds is 2. The van der Waals surface area contributed by atoms with E-state index in [1.807, 2.05) is 22.9 Å². The Balaban J connectivity index is 1.87. The van der Waals surface area contributed by atoms with E-state index in [9.17, 15) is 18.6 Å². The highest BCUT2D eigenvalue weighted by atomic mass is 32.2. The molecule has 3 aromatic carbocycles. The zero-order valence-corrected chi connectivity index (χ0v) is 14.6. The Hall–Kier alpha value is -3.70. The molecule has 0 fully saturated rings. The van der Waals surface area contributed by atoms with E-state index >= 15 is 0 Å². The van der Waals surface area contributed by atoms with E-state index in [0.29, 0.717) is 16.3 Å². The lowest BCUT2D eigenvalue weighted by molar-refractivity contribution is 0.392. The van der Waals surface area contributed by atoms with Gasteiger partial charge in [0.25, 0.3) is 0 Å². The van der Waals surface area contributed by atoms with Gasteiger partial charge in [-0.2, -0.15) is 13.7 Å². The lowest BCUT2D eigenvalue weighted by atomic mass is 9.99. The minimum atomic E-state index is -4.01. The van der Waals surface area contributed by atoms with Gasteiger partial charge in [-0.05, 0) is 52.2 Å². The number of aromatic hydroxyl groups is 1. The second-order valence-corrected chi connectivity index (χ2v) is 7.56. The molecule has 7 nitrogen and oxygen atoms in total. The number of hydrogen-bond donors (Lipinski definition) is 3. The number of fused-ring (bicyclic) bond motifs is 1. The zero-order valence-electron chi connectivity index (χ0n) is 13.8. The van der Waals surface area contributed by atoms with Gasteiger partial charge in [-0.15, -0.1) is 0 Å². The Labute approximate surface area is 155 Å². The molecule has 0 spiro atoms. The molecule has 0 radical (unpaired) electrons. The molecule has 0 saturated heterocycles. The van der Waals surface area contributed by atoms with Crippen LogP contribution in [-0.2, 0) is 10.2 Å². The van der Waals surface area contributed by atoms with Gasteiger partial charge < -0.3 is 10.2 Å². The number of aliphatic hydroxyl groups is 1. The summed E-state index contributed by atoms with van der Waals surface area (Å²) >= 11 is 0. The van der Waals surface area contributed by atoms with Gasteiger partial charge in [0.15, 0.2) is 0 Å². The van der Waals surface area contributed by atoms with Crippen LogP contribution in [0.15, 0.2) is 66.7 Å². The van der Waals surface area contributed by atoms with Gasteiger partial charge in [-0.1, -0.05) is 24.3 Å². The lowest BCUT2D eigenvalue weighted by Crippen LogP contribution is -2.29. The first-order valence-electron chi connectivity index (χ1n) is 7.88. The van der Waals surface area contributed by atoms with E-state index in [1.54, 1.807) is 24.3 Å². The van der Waals surface area contributed by atoms with Gasteiger partial charge in [0, 0.05) is 0 Å². The van der Waals surface area contributed by atoms with Crippen molar-refractivity contribution < 1.29 is 18.6 Å². The molecule has 134 valence electrons. The Morgan fingerprint density at radius 1 is 0.963 bits per heavy atom. The van der Waals surface area contributed by atoms with Gasteiger partial charge in [-0.25, -0.2) is 9.03 Å². The van der Waals surface area contributed by atoms with Gasteiger partial charge in [0.2, 0.25) is 5.88 Å². The summed E-state index contributed by atoms with van der Waals surface area (Å²) < 4.78 is 26.9. The molecule has 0 aromatic heterocycles. The van der Waals surface area contributed by atoms with E-state index in [2.05, 4.69) is 6.07 Å². The summed E-state index contributed by atoms with van der Waals surface area (Å²) in [5.41, 5.74) is 2.24. The molecule has 0 unspecified atom stereocenters. The third-order valence-corrected chi connectivity index (χ3v) is 5.52. The number of phenols is 1. The predicted molar refractivity (Wildman–Crippen MR) is 101 cm³/mol. The van der Waals surface area contributed by atoms with Crippen LogP contribution in [0.4, 0.5) is 5.69 Å². The summed E-state index contributed by atoms with van der Waals surface area (Å²) in [6, 6.07) is 17.7. The molecule has 3 aromatic rings. The summed E-state index contributed by atoms with van der Waals surface area (Å²) in [6.45, 7) is 0. The maximum absolute atomic E-state index is 12.1. The Bertz CT molecular complexity index is 1260. The van der Waals surface area contributed by atoms with Crippen LogP contribution in [0.5, 0.6) is 5.75 Å². The van der Waals surface area contributed by atoms with E-state index in [-0.39, 0.29) is 11.4 Å². The van der Waals surface area contributed by atoms with Crippen molar-refractivity contribution >= 4 is 26.7 Å². The largest absolute Gasteiger partial charge is 0.506 e. The summed E-state index contributed by atoms with van der Waals surface area (Å²) in [4.78, 5) is 0. The highest BCUT2D eigenvalue weighted by molar-refractivity contribution is 7.91. The number of aliphatic hydroxyl groups excluding tert-OH is 1. The maximum Gasteiger partial charge on any atom is 0.330 e. The average Bonchev–Trinajstić information content (AvgIpc) is 2.92. The van der Waals surface area contributed by atoms with E-state index in [0.717, 1.165) is 21.6 Å². The fraction of sp³-hybridized carbons (Fsp3) is 0. The maximum atomic E-state index is 12.1. The quantitative estimate of drug-likeness (QED) is 0.633. The summed E-state index contributed by atoms with van der Waals surface area (Å²) in [7, 11) is -4.01. The first-order chi connectivity index (χ1) is 12.9. The SMILES string of the molecule is N#Cc1cccc(-c2ccc3cc(O)c(N4C=C(O)NS4(=O)=O)cc3c2)c1. The number of anilines is 1. The number of benzene rings is 3. The highest BCUT2D eigenvalue weighted by Gasteiger charge is 2.30. The third-order valence-electron chi connectivity index (χ3n) is 4.23. The molecular weight excluding hydrogens is 366 g/mol. The number of nitrogens with one attached hydrogen (secondary N) is 1. The Morgan fingerprint density at radius 2 is 1.74 bits per heavy atom. The molecule has 0 atom stereocenters. The van der Waals surface area contributed by atoms with Crippen LogP contribution in [0, 0.1) is 11.3 Å². The summed E-state index contributed by atoms with van der Waals surface area (Å²) in [5.74, 6) is -0.769. The van der Waals surface area contributed by atoms with Crippen LogP contribution in [-0.4, -0.2) is 18.6 Å². The van der Waals surface area contributed by atoms with Crippen molar-refractivity contribution in [3.05, 3.63) is 72.2 Å². The fourth-order valence-electron chi connectivity index (χ4n) is 2.99. The molecule has 27 heavy (non-hydrogen) atoms. The monoisotopic (exact) mass is 379 g/mol. The second kappa shape index (κ2) is 5.93. The van der Waals surface area contributed by atoms with Gasteiger partial charge in [-0.3, -0.25) is 0 Å². The fourth-order valence-corrected chi connectivity index (χ4v) is 4.04. The van der Waals surface area contributed by atoms with Crippen molar-refractivity contribution in [2.45, 2.75) is 0 Å². The number of hydrogen-bond acceptors (Lipinski definition) is 5. The molecule has 0 aliphatic carbocycles. The van der Waals surface area contributed by atoms with E-state index in [1.165, 1.54) is 12.1 Å². The number of phenolic OH excluding ortho intramolecular Hbond substituents is 1. The van der Waals surface area contributed by atoms with Crippen LogP contribution in [0.25, 0.3) is 21.9 Å². The molecule has 0 amide bonds. The molecule has 0 bridgehead atoms. The number of nitrogens with zero attached hydrogens (tertiary/aromatic N) is 2. The van der Waals surface area contributed by atoms with Gasteiger partial charge in [0.1, 0.15) is 11.4 Å². The minimum Gasteiger partial charge on any atom is -0.506 e. The predicted octanol–water partition coefficient (Wildman–Crippen LogP) is 3.10. The number of nitriles is 1. The van der Waals surface area contributed by atoms with Crippen LogP contribution < -0.4 is 9.03 Å². The van der Waals surface area contributed by atoms with Crippen LogP contribution in [0.1, 0.15) is 5.56 Å². The molecule has 1 aliphatic heterocycles. The Morgan fingerprint density at radius 3 is 2.44 bits per heavy atom. The molecular formula is C19H13N3O4S. The lowest BCUT2D eigenvalue weighted by Gasteiger charge is -2.16. The topological polar surface area (TPSA) is 114 Å². The summed E-state index contributed by atoms with van der Waals surface area (Å²) in [5, 5.41) is 30.2. The average molecular weight is 379 g/mol. The summed E-state index contributed by atoms with van der Waals surface area (Å²) in [6.07, 6.45) is 0.983. The molecule has 4 rings (SSSR count). The van der Waals surface area contributed by atoms with Crippen molar-refractivity contribution in [3.8, 4) is 22.9 Å². The second-order valence-electron chi connectivity index (χ2n) is 6.01. The molecule has 1 heterocycles. The Kier molecular flexibility index (Phi) is 3.68. The minimum absolute atomic E-state index is 0.0157. The third kappa shape index (κ3) is 2.90. The standard InChI is InChI=1S/C19H13N3O4S/c20-10-12-2-1-3-13(6-12)14-4-5-15-9-18(23)17(8-16(15)7-14)22-11-19(24)21-27(22,25)26/h1-9,11,21,23-24H. The van der Waals surface area contributed by atoms with Crippen LogP contribution in [0.3, 0.4) is 0 Å². The molecule has 3 N–H and O–H groups in total. The van der Waals surface area contributed by atoms with Crippen molar-refractivity contribution in [1.29, 1.82) is 5.26 Å². The first kappa shape index (κ1) is 16.8. The van der Waals surface area contributed by atoms with Crippen molar-refractivity contribution in [2.24, 2.45) is 0 Å². The molecule has 1 aliphatic rings. The zero-order chi connectivity index (χ0) is 19.2. The molecule has 8 heteroatoms. The van der Waals surface area contributed by atoms with Crippen molar-refractivity contribution in [1.82, 2.24) is 4.72 Å². The van der Waals surface area contributed by atoms with Crippen molar-refractivity contribution in [2.75, 3.05) is 4.31 Å². The smallest absolute Gasteiger partial charge is 0.330 e. The molecule has 0 saturated carbocycles. The van der Waals surface area contributed by atoms with Crippen LogP contribution >= 0.6 is 0 Å². The highest BCUT2D eigenvalue weighted by Crippen LogP contribution is 2.37. The van der Waals surface area contributed by atoms with Gasteiger partial charge >= 0.3 is 10.2 Å². The van der Waals surface area contributed by atoms with E-state index < -0.39 is 16.1 Å². The van der Waals surface area contributed by atoms with Crippen molar-refractivity contribution in [3.63, 3.8) is 0 Å². The van der Waals surface area contributed by atoms with Gasteiger partial charge in [0.05, 0.1) is 17.8 Å². The van der Waals surface area contributed by atoms with E-state index in [4.69, 9.17) is 5.26 Å². The normalized spacial score (nSPS) is 15.2. The van der Waals surface area contributed by atoms with Crippen LogP contribution in [0.2, 0.25) is 0 Å².